The van der Waals surface area contributed by atoms with E-state index in [0.717, 1.165) is 0 Å². The molecule has 0 radical (unpaired) electrons. The van der Waals surface area contributed by atoms with Gasteiger partial charge in [0.15, 0.2) is 0 Å². The maximum Gasteiger partial charge on any atom is -0.00803 e. The van der Waals surface area contributed by atoms with Gasteiger partial charge >= 0.3 is 0 Å². The smallest absolute Gasteiger partial charge is 0.00803 e. The first-order valence-corrected chi connectivity index (χ1v) is 7.28. The van der Waals surface area contributed by atoms with Crippen LogP contribution in [0.5, 0.6) is 0 Å². The van der Waals surface area contributed by atoms with Gasteiger partial charge in [0.05, 0.1) is 0 Å². The molecule has 0 aromatic heterocycles. The van der Waals surface area contributed by atoms with Gasteiger partial charge in [0.2, 0.25) is 0 Å². The van der Waals surface area contributed by atoms with Crippen LogP contribution in [0.25, 0.3) is 0 Å². The van der Waals surface area contributed by atoms with Crippen molar-refractivity contribution in [3.05, 3.63) is 34.4 Å². The Morgan fingerprint density at radius 3 is 1.78 bits per heavy atom. The quantitative estimate of drug-likeness (QED) is 0.643. The van der Waals surface area contributed by atoms with E-state index in [2.05, 4.69) is 67.5 Å². The highest BCUT2D eigenvalue weighted by Gasteiger charge is 2.26. The van der Waals surface area contributed by atoms with Crippen LogP contribution >= 0.6 is 0 Å². The minimum Gasteiger partial charge on any atom is -0.0645 e. The Bertz CT molecular complexity index is 414. The third kappa shape index (κ3) is 2.79. The molecule has 0 aliphatic heterocycles. The lowest BCUT2D eigenvalue weighted by molar-refractivity contribution is 0.436. The molecule has 0 atom stereocenters. The number of hydrogen-bond acceptors (Lipinski definition) is 0. The van der Waals surface area contributed by atoms with Crippen molar-refractivity contribution in [3.8, 4) is 0 Å². The van der Waals surface area contributed by atoms with E-state index in [9.17, 15) is 0 Å². The Morgan fingerprint density at radius 2 is 1.39 bits per heavy atom. The van der Waals surface area contributed by atoms with Gasteiger partial charge in [0.1, 0.15) is 0 Å². The maximum absolute atomic E-state index is 2.45. The van der Waals surface area contributed by atoms with Gasteiger partial charge in [-0.1, -0.05) is 53.7 Å². The van der Waals surface area contributed by atoms with Gasteiger partial charge in [-0.3, -0.25) is 0 Å². The van der Waals surface area contributed by atoms with Crippen LogP contribution in [0.1, 0.15) is 76.6 Å². The topological polar surface area (TPSA) is 0 Å². The normalized spacial score (nSPS) is 12.9. The summed E-state index contributed by atoms with van der Waals surface area (Å²) in [6, 6.07) is 4.85. The lowest BCUT2D eigenvalue weighted by Crippen LogP contribution is -2.22. The van der Waals surface area contributed by atoms with Crippen LogP contribution in [0.2, 0.25) is 0 Å². The van der Waals surface area contributed by atoms with Crippen molar-refractivity contribution in [1.82, 2.24) is 0 Å². The standard InChI is InChI=1S/C18H30/c1-9-18(8,10-2)15-11-13(3)14(4)16(12-15)17(5,6)7/h11-12H,9-10H2,1-8H3. The third-order valence-corrected chi connectivity index (χ3v) is 4.73. The molecule has 0 heterocycles. The Morgan fingerprint density at radius 1 is 0.889 bits per heavy atom. The summed E-state index contributed by atoms with van der Waals surface area (Å²) in [5.41, 5.74) is 6.46. The van der Waals surface area contributed by atoms with E-state index in [-0.39, 0.29) is 5.41 Å². The number of aryl methyl sites for hydroxylation is 1. The molecule has 0 amide bonds. The van der Waals surface area contributed by atoms with Gasteiger partial charge < -0.3 is 0 Å². The SMILES string of the molecule is CCC(C)(CC)c1cc(C)c(C)c(C(C)(C)C)c1. The Balaban J connectivity index is 3.47. The van der Waals surface area contributed by atoms with E-state index in [1.54, 1.807) is 0 Å². The fraction of sp³-hybridized carbons (Fsp3) is 0.667. The van der Waals surface area contributed by atoms with Crippen LogP contribution in [-0.2, 0) is 10.8 Å². The summed E-state index contributed by atoms with van der Waals surface area (Å²) in [6.45, 7) is 18.4. The maximum atomic E-state index is 2.45. The molecule has 1 aromatic rings. The molecule has 18 heavy (non-hydrogen) atoms. The van der Waals surface area contributed by atoms with Gasteiger partial charge in [-0.15, -0.1) is 0 Å². The zero-order valence-corrected chi connectivity index (χ0v) is 13.6. The van der Waals surface area contributed by atoms with Crippen LogP contribution in [-0.4, -0.2) is 0 Å². The molecule has 0 unspecified atom stereocenters. The van der Waals surface area contributed by atoms with E-state index in [4.69, 9.17) is 0 Å². The van der Waals surface area contributed by atoms with Gasteiger partial charge in [0.25, 0.3) is 0 Å². The van der Waals surface area contributed by atoms with Gasteiger partial charge in [-0.25, -0.2) is 0 Å². The predicted octanol–water partition coefficient (Wildman–Crippen LogP) is 5.68. The lowest BCUT2D eigenvalue weighted by Gasteiger charge is -2.31. The predicted molar refractivity (Wildman–Crippen MR) is 82.6 cm³/mol. The molecule has 1 rings (SSSR count). The van der Waals surface area contributed by atoms with Crippen LogP contribution in [0.3, 0.4) is 0 Å². The molecule has 0 spiro atoms. The summed E-state index contributed by atoms with van der Waals surface area (Å²) in [5.74, 6) is 0. The Kier molecular flexibility index (Phi) is 4.30. The Hall–Kier alpha value is -0.780. The largest absolute Gasteiger partial charge is 0.0645 e. The van der Waals surface area contributed by atoms with Crippen molar-refractivity contribution in [2.45, 2.75) is 79.1 Å². The van der Waals surface area contributed by atoms with Crippen LogP contribution < -0.4 is 0 Å². The van der Waals surface area contributed by atoms with Crippen molar-refractivity contribution in [1.29, 1.82) is 0 Å². The molecular formula is C18H30. The highest BCUT2D eigenvalue weighted by molar-refractivity contribution is 5.43. The van der Waals surface area contributed by atoms with Crippen molar-refractivity contribution in [2.75, 3.05) is 0 Å². The molecule has 0 nitrogen and oxygen atoms in total. The molecule has 0 saturated carbocycles. The number of benzene rings is 1. The number of rotatable bonds is 3. The molecule has 0 fully saturated rings. The molecule has 0 saturated heterocycles. The molecule has 0 N–H and O–H groups in total. The lowest BCUT2D eigenvalue weighted by atomic mass is 9.73. The van der Waals surface area contributed by atoms with Crippen molar-refractivity contribution < 1.29 is 0 Å². The van der Waals surface area contributed by atoms with Gasteiger partial charge in [0, 0.05) is 0 Å². The third-order valence-electron chi connectivity index (χ3n) is 4.73. The second-order valence-corrected chi connectivity index (χ2v) is 6.98. The molecule has 0 aliphatic carbocycles. The first kappa shape index (κ1) is 15.3. The monoisotopic (exact) mass is 246 g/mol. The molecular weight excluding hydrogens is 216 g/mol. The van der Waals surface area contributed by atoms with Crippen LogP contribution in [0.15, 0.2) is 12.1 Å². The second-order valence-electron chi connectivity index (χ2n) is 6.98. The average molecular weight is 246 g/mol. The fourth-order valence-electron chi connectivity index (χ4n) is 2.65. The molecule has 0 aliphatic rings. The molecule has 0 heteroatoms. The molecule has 0 bridgehead atoms. The molecule has 102 valence electrons. The average Bonchev–Trinajstić information content (AvgIpc) is 2.29. The van der Waals surface area contributed by atoms with E-state index in [0.29, 0.717) is 5.41 Å². The summed E-state index contributed by atoms with van der Waals surface area (Å²) < 4.78 is 0. The van der Waals surface area contributed by atoms with E-state index >= 15 is 0 Å². The van der Waals surface area contributed by atoms with Crippen molar-refractivity contribution >= 4 is 0 Å². The first-order chi connectivity index (χ1) is 8.15. The highest BCUT2D eigenvalue weighted by atomic mass is 14.3. The Labute approximate surface area is 114 Å². The summed E-state index contributed by atoms with van der Waals surface area (Å²) in [6.07, 6.45) is 2.41. The van der Waals surface area contributed by atoms with Gasteiger partial charge in [-0.05, 0) is 59.8 Å². The van der Waals surface area contributed by atoms with Crippen molar-refractivity contribution in [2.24, 2.45) is 0 Å². The van der Waals surface area contributed by atoms with Gasteiger partial charge in [-0.2, -0.15) is 0 Å². The van der Waals surface area contributed by atoms with E-state index < -0.39 is 0 Å². The fourth-order valence-corrected chi connectivity index (χ4v) is 2.65. The zero-order valence-electron chi connectivity index (χ0n) is 13.6. The van der Waals surface area contributed by atoms with Crippen LogP contribution in [0, 0.1) is 13.8 Å². The van der Waals surface area contributed by atoms with Crippen molar-refractivity contribution in [3.63, 3.8) is 0 Å². The van der Waals surface area contributed by atoms with Crippen LogP contribution in [0.4, 0.5) is 0 Å². The summed E-state index contributed by atoms with van der Waals surface area (Å²) in [4.78, 5) is 0. The minimum atomic E-state index is 0.229. The summed E-state index contributed by atoms with van der Waals surface area (Å²) >= 11 is 0. The molecule has 1 aromatic carbocycles. The minimum absolute atomic E-state index is 0.229. The summed E-state index contributed by atoms with van der Waals surface area (Å²) in [7, 11) is 0. The number of hydrogen-bond donors (Lipinski definition) is 0. The van der Waals surface area contributed by atoms with E-state index in [1.807, 2.05) is 0 Å². The highest BCUT2D eigenvalue weighted by Crippen LogP contribution is 2.36. The summed E-state index contributed by atoms with van der Waals surface area (Å²) in [5, 5.41) is 0. The van der Waals surface area contributed by atoms with E-state index in [1.165, 1.54) is 35.1 Å². The first-order valence-electron chi connectivity index (χ1n) is 7.28. The second kappa shape index (κ2) is 5.07. The zero-order chi connectivity index (χ0) is 14.1.